The third-order valence-electron chi connectivity index (χ3n) is 5.73. The van der Waals surface area contributed by atoms with Crippen LogP contribution in [0.4, 0.5) is 19.6 Å². The number of carbonyl (C=O) groups excluding carboxylic acids is 1. The summed E-state index contributed by atoms with van der Waals surface area (Å²) in [6.07, 6.45) is 3.77. The molecule has 0 saturated heterocycles. The summed E-state index contributed by atoms with van der Waals surface area (Å²) in [5.74, 6) is -1.35. The predicted octanol–water partition coefficient (Wildman–Crippen LogP) is 5.81. The van der Waals surface area contributed by atoms with E-state index in [0.29, 0.717) is 34.6 Å². The third kappa shape index (κ3) is 6.88. The summed E-state index contributed by atoms with van der Waals surface area (Å²) in [6, 6.07) is 12.4. The van der Waals surface area contributed by atoms with Crippen LogP contribution in [0.1, 0.15) is 41.1 Å². The van der Waals surface area contributed by atoms with E-state index < -0.39 is 22.5 Å². The van der Waals surface area contributed by atoms with Crippen LogP contribution in [0.15, 0.2) is 71.9 Å². The number of nitro groups is 1. The number of hydrogen-bond donors (Lipinski definition) is 2. The number of carbonyl (C=O) groups is 1. The molecule has 0 aliphatic carbocycles. The normalized spacial score (nSPS) is 11.9. The number of allylic oxidation sites excluding steroid dienone is 1. The van der Waals surface area contributed by atoms with E-state index in [9.17, 15) is 23.7 Å². The van der Waals surface area contributed by atoms with Crippen LogP contribution in [0.2, 0.25) is 0 Å². The number of ether oxygens (including phenoxy) is 1. The Balaban J connectivity index is 1.79. The Hall–Kier alpha value is -4.75. The largest absolute Gasteiger partial charge is 0.488 e. The Morgan fingerprint density at radius 2 is 1.98 bits per heavy atom. The lowest BCUT2D eigenvalue weighted by molar-refractivity contribution is -0.380. The van der Waals surface area contributed by atoms with Crippen molar-refractivity contribution in [3.05, 3.63) is 105 Å². The van der Waals surface area contributed by atoms with Gasteiger partial charge in [0.25, 0.3) is 5.91 Å². The van der Waals surface area contributed by atoms with E-state index in [-0.39, 0.29) is 34.7 Å². The summed E-state index contributed by atoms with van der Waals surface area (Å²) >= 11 is 0.748. The van der Waals surface area contributed by atoms with E-state index in [1.54, 1.807) is 13.0 Å². The molecule has 4 aromatic rings. The summed E-state index contributed by atoms with van der Waals surface area (Å²) in [5.41, 5.74) is 2.24. The molecule has 0 atom stereocenters. The standard InChI is InChI=1S/C28H25F2N5O5S/c1-3-4-23(33-28(37)25-11-12-26(41-25)35(38)39)21-16-31-34(20-8-6-19(29)7-9-20)27(21)32-17(2)18-5-10-22(30)24(15-18)40-14-13-36/h4-12,15-16,36H,3,13-14H2,1-2H3,(H,33,37)/b23-4-,32-17+. The molecule has 2 aromatic carbocycles. The number of thiophene rings is 1. The summed E-state index contributed by atoms with van der Waals surface area (Å²) in [5, 5.41) is 27.2. The van der Waals surface area contributed by atoms with Gasteiger partial charge in [-0.15, -0.1) is 0 Å². The van der Waals surface area contributed by atoms with Gasteiger partial charge in [-0.25, -0.2) is 18.5 Å². The summed E-state index contributed by atoms with van der Waals surface area (Å²) in [6.45, 7) is 3.19. The Labute approximate surface area is 237 Å². The van der Waals surface area contributed by atoms with Gasteiger partial charge >= 0.3 is 5.00 Å². The van der Waals surface area contributed by atoms with E-state index in [2.05, 4.69) is 10.4 Å². The first-order valence-electron chi connectivity index (χ1n) is 12.4. The SMILES string of the molecule is CC/C=C(\NC(=O)c1ccc([N+](=O)[O-])s1)c1cnn(-c2ccc(F)cc2)c1/N=C(\C)c1ccc(F)c(OCCO)c1. The maximum Gasteiger partial charge on any atom is 0.324 e. The van der Waals surface area contributed by atoms with Crippen LogP contribution in [0.3, 0.4) is 0 Å². The van der Waals surface area contributed by atoms with Crippen molar-refractivity contribution in [2.75, 3.05) is 13.2 Å². The van der Waals surface area contributed by atoms with Crippen LogP contribution < -0.4 is 10.1 Å². The second kappa shape index (κ2) is 13.1. The van der Waals surface area contributed by atoms with E-state index >= 15 is 0 Å². The summed E-state index contributed by atoms with van der Waals surface area (Å²) in [7, 11) is 0. The lowest BCUT2D eigenvalue weighted by Crippen LogP contribution is -2.21. The summed E-state index contributed by atoms with van der Waals surface area (Å²) < 4.78 is 34.7. The first kappa shape index (κ1) is 29.2. The highest BCUT2D eigenvalue weighted by molar-refractivity contribution is 7.17. The zero-order chi connectivity index (χ0) is 29.5. The molecular weight excluding hydrogens is 556 g/mol. The molecule has 10 nitrogen and oxygen atoms in total. The van der Waals surface area contributed by atoms with Gasteiger partial charge in [-0.1, -0.05) is 24.3 Å². The van der Waals surface area contributed by atoms with Crippen molar-refractivity contribution in [3.8, 4) is 11.4 Å². The Morgan fingerprint density at radius 1 is 1.22 bits per heavy atom. The molecule has 0 saturated carbocycles. The first-order valence-corrected chi connectivity index (χ1v) is 13.2. The summed E-state index contributed by atoms with van der Waals surface area (Å²) in [4.78, 5) is 28.5. The van der Waals surface area contributed by atoms with Crippen molar-refractivity contribution in [2.24, 2.45) is 4.99 Å². The quantitative estimate of drug-likeness (QED) is 0.130. The molecule has 212 valence electrons. The van der Waals surface area contributed by atoms with Crippen LogP contribution in [0.25, 0.3) is 11.4 Å². The molecule has 41 heavy (non-hydrogen) atoms. The molecule has 0 spiro atoms. The molecule has 0 aliphatic heterocycles. The highest BCUT2D eigenvalue weighted by atomic mass is 32.1. The maximum absolute atomic E-state index is 14.2. The lowest BCUT2D eigenvalue weighted by atomic mass is 10.1. The number of aromatic nitrogens is 2. The van der Waals surface area contributed by atoms with Crippen LogP contribution in [0.5, 0.6) is 5.75 Å². The second-order valence-electron chi connectivity index (χ2n) is 8.56. The van der Waals surface area contributed by atoms with Crippen LogP contribution in [-0.2, 0) is 0 Å². The van der Waals surface area contributed by atoms with Crippen molar-refractivity contribution in [3.63, 3.8) is 0 Å². The number of amides is 1. The number of halogens is 2. The van der Waals surface area contributed by atoms with Gasteiger partial charge in [0.05, 0.1) is 33.9 Å². The van der Waals surface area contributed by atoms with Gasteiger partial charge in [0.15, 0.2) is 17.4 Å². The van der Waals surface area contributed by atoms with Crippen molar-refractivity contribution in [2.45, 2.75) is 20.3 Å². The molecule has 0 radical (unpaired) electrons. The highest BCUT2D eigenvalue weighted by Gasteiger charge is 2.21. The smallest absolute Gasteiger partial charge is 0.324 e. The lowest BCUT2D eigenvalue weighted by Gasteiger charge is -2.12. The number of rotatable bonds is 11. The molecule has 2 aromatic heterocycles. The molecule has 0 aliphatic rings. The number of aliphatic imine (C=N–C) groups is 1. The van der Waals surface area contributed by atoms with Crippen LogP contribution >= 0.6 is 11.3 Å². The molecule has 1 amide bonds. The minimum atomic E-state index is -0.600. The number of nitrogens with zero attached hydrogens (tertiary/aromatic N) is 4. The van der Waals surface area contributed by atoms with Gasteiger partial charge < -0.3 is 15.2 Å². The number of aliphatic hydroxyl groups is 1. The van der Waals surface area contributed by atoms with E-state index in [0.717, 1.165) is 11.3 Å². The molecule has 0 bridgehead atoms. The van der Waals surface area contributed by atoms with Gasteiger partial charge in [-0.05, 0) is 67.4 Å². The topological polar surface area (TPSA) is 132 Å². The maximum atomic E-state index is 14.2. The van der Waals surface area contributed by atoms with Gasteiger partial charge in [-0.3, -0.25) is 14.9 Å². The van der Waals surface area contributed by atoms with Crippen molar-refractivity contribution < 1.29 is 28.3 Å². The molecule has 4 rings (SSSR count). The van der Waals surface area contributed by atoms with Crippen molar-refractivity contribution in [1.82, 2.24) is 15.1 Å². The molecule has 13 heteroatoms. The van der Waals surface area contributed by atoms with Crippen LogP contribution in [0, 0.1) is 21.7 Å². The number of nitrogens with one attached hydrogen (secondary N) is 1. The monoisotopic (exact) mass is 581 g/mol. The van der Waals surface area contributed by atoms with E-state index in [4.69, 9.17) is 14.8 Å². The van der Waals surface area contributed by atoms with Crippen LogP contribution in [-0.4, -0.2) is 44.6 Å². The van der Waals surface area contributed by atoms with E-state index in [1.807, 2.05) is 6.92 Å². The molecule has 2 N–H and O–H groups in total. The van der Waals surface area contributed by atoms with Gasteiger partial charge in [0, 0.05) is 17.5 Å². The fraction of sp³-hybridized carbons (Fsp3) is 0.179. The average molecular weight is 582 g/mol. The zero-order valence-corrected chi connectivity index (χ0v) is 22.8. The molecule has 2 heterocycles. The Kier molecular flexibility index (Phi) is 9.32. The molecule has 0 unspecified atom stereocenters. The van der Waals surface area contributed by atoms with Gasteiger partial charge in [0.2, 0.25) is 0 Å². The van der Waals surface area contributed by atoms with E-state index in [1.165, 1.54) is 65.5 Å². The minimum Gasteiger partial charge on any atom is -0.488 e. The third-order valence-corrected chi connectivity index (χ3v) is 6.76. The Bertz CT molecular complexity index is 1630. The second-order valence-corrected chi connectivity index (χ2v) is 9.62. The fourth-order valence-electron chi connectivity index (χ4n) is 3.79. The van der Waals surface area contributed by atoms with Crippen molar-refractivity contribution in [1.29, 1.82) is 0 Å². The molecular formula is C28H25F2N5O5S. The Morgan fingerprint density at radius 3 is 2.63 bits per heavy atom. The number of benzene rings is 2. The van der Waals surface area contributed by atoms with Gasteiger partial charge in [0.1, 0.15) is 12.4 Å². The average Bonchev–Trinajstić information content (AvgIpc) is 3.61. The number of aliphatic hydroxyl groups excluding tert-OH is 1. The molecule has 0 fully saturated rings. The number of hydrogen-bond acceptors (Lipinski definition) is 8. The zero-order valence-electron chi connectivity index (χ0n) is 22.0. The van der Waals surface area contributed by atoms with Gasteiger partial charge in [-0.2, -0.15) is 5.10 Å². The first-order chi connectivity index (χ1) is 19.7. The highest BCUT2D eigenvalue weighted by Crippen LogP contribution is 2.31. The van der Waals surface area contributed by atoms with Crippen molar-refractivity contribution >= 4 is 39.5 Å². The predicted molar refractivity (Wildman–Crippen MR) is 151 cm³/mol. The fourth-order valence-corrected chi connectivity index (χ4v) is 4.51. The minimum absolute atomic E-state index is 0.0535.